The lowest BCUT2D eigenvalue weighted by molar-refractivity contribution is -0.126. The van der Waals surface area contributed by atoms with Crippen molar-refractivity contribution in [1.82, 2.24) is 10.9 Å². The van der Waals surface area contributed by atoms with E-state index >= 15 is 0 Å². The van der Waals surface area contributed by atoms with Crippen LogP contribution in [-0.4, -0.2) is 19.6 Å². The summed E-state index contributed by atoms with van der Waals surface area (Å²) in [6.45, 7) is 2.56. The first-order valence-corrected chi connectivity index (χ1v) is 6.21. The molecule has 0 fully saturated rings. The monoisotopic (exact) mass is 258 g/mol. The minimum Gasteiger partial charge on any atom is -0.367 e. The minimum atomic E-state index is -0.182. The number of carbonyl (C=O) groups is 1. The Balaban J connectivity index is 1.98. The summed E-state index contributed by atoms with van der Waals surface area (Å²) < 4.78 is 5.35. The highest BCUT2D eigenvalue weighted by Gasteiger charge is 2.01. The smallest absolute Gasteiger partial charge is 0.260 e. The van der Waals surface area contributed by atoms with E-state index in [1.807, 2.05) is 6.07 Å². The molecule has 100 valence electrons. The third kappa shape index (κ3) is 3.77. The van der Waals surface area contributed by atoms with Gasteiger partial charge in [-0.15, -0.1) is 0 Å². The summed E-state index contributed by atoms with van der Waals surface area (Å²) in [5, 5.41) is 2.41. The van der Waals surface area contributed by atoms with Gasteiger partial charge in [0.05, 0.1) is 6.61 Å². The summed E-state index contributed by atoms with van der Waals surface area (Å²) in [6, 6.07) is 12.5. The van der Waals surface area contributed by atoms with Gasteiger partial charge in [0.2, 0.25) is 0 Å². The molecule has 2 N–H and O–H groups in total. The van der Waals surface area contributed by atoms with E-state index in [0.29, 0.717) is 6.61 Å². The van der Waals surface area contributed by atoms with Crippen LogP contribution in [0.4, 0.5) is 0 Å². The van der Waals surface area contributed by atoms with Crippen LogP contribution in [0.3, 0.4) is 0 Å². The highest BCUT2D eigenvalue weighted by atomic mass is 16.5. The molecule has 2 rings (SSSR count). The van der Waals surface area contributed by atoms with Crippen molar-refractivity contribution in [2.24, 2.45) is 0 Å². The van der Waals surface area contributed by atoms with E-state index in [-0.39, 0.29) is 12.5 Å². The van der Waals surface area contributed by atoms with E-state index in [9.17, 15) is 4.79 Å². The first kappa shape index (κ1) is 13.5. The number of hydrogen-bond donors (Lipinski definition) is 2. The Kier molecular flexibility index (Phi) is 4.49. The predicted octanol–water partition coefficient (Wildman–Crippen LogP) is 1.92. The molecule has 0 unspecified atom stereocenters. The SMILES string of the molecule is CNNC(=O)COCc1ccc2cc(C)ccc2c1. The molecule has 0 aliphatic carbocycles. The van der Waals surface area contributed by atoms with Gasteiger partial charge in [-0.3, -0.25) is 10.2 Å². The number of aryl methyl sites for hydroxylation is 1. The largest absolute Gasteiger partial charge is 0.367 e. The molecule has 19 heavy (non-hydrogen) atoms. The van der Waals surface area contributed by atoms with E-state index in [4.69, 9.17) is 4.74 Å². The highest BCUT2D eigenvalue weighted by molar-refractivity contribution is 5.83. The Bertz CT molecular complexity index is 581. The van der Waals surface area contributed by atoms with Crippen LogP contribution in [0.2, 0.25) is 0 Å². The summed E-state index contributed by atoms with van der Waals surface area (Å²) in [5.41, 5.74) is 7.33. The summed E-state index contributed by atoms with van der Waals surface area (Å²) in [6.07, 6.45) is 0. The zero-order valence-electron chi connectivity index (χ0n) is 11.2. The molecule has 0 atom stereocenters. The molecule has 0 aromatic heterocycles. The Morgan fingerprint density at radius 1 is 1.16 bits per heavy atom. The lowest BCUT2D eigenvalue weighted by Crippen LogP contribution is -2.36. The molecule has 0 heterocycles. The normalized spacial score (nSPS) is 10.6. The van der Waals surface area contributed by atoms with Crippen molar-refractivity contribution in [2.75, 3.05) is 13.7 Å². The van der Waals surface area contributed by atoms with Crippen molar-refractivity contribution >= 4 is 16.7 Å². The zero-order chi connectivity index (χ0) is 13.7. The number of hydrazine groups is 1. The van der Waals surface area contributed by atoms with Crippen LogP contribution in [0, 0.1) is 6.92 Å². The van der Waals surface area contributed by atoms with Gasteiger partial charge in [0.1, 0.15) is 6.61 Å². The summed E-state index contributed by atoms with van der Waals surface area (Å²) in [4.78, 5) is 11.2. The Morgan fingerprint density at radius 3 is 2.68 bits per heavy atom. The third-order valence-corrected chi connectivity index (χ3v) is 2.83. The molecule has 4 nitrogen and oxygen atoms in total. The van der Waals surface area contributed by atoms with Crippen LogP contribution in [0.1, 0.15) is 11.1 Å². The molecule has 1 amide bonds. The number of amides is 1. The van der Waals surface area contributed by atoms with Gasteiger partial charge >= 0.3 is 0 Å². The summed E-state index contributed by atoms with van der Waals surface area (Å²) in [5.74, 6) is -0.182. The Morgan fingerprint density at radius 2 is 1.89 bits per heavy atom. The fourth-order valence-corrected chi connectivity index (χ4v) is 1.94. The second-order valence-electron chi connectivity index (χ2n) is 4.48. The number of ether oxygens (including phenoxy) is 1. The standard InChI is InChI=1S/C15H18N2O2/c1-11-3-5-14-8-12(4-6-13(14)7-11)9-19-10-15(18)17-16-2/h3-8,16H,9-10H2,1-2H3,(H,17,18). The molecular weight excluding hydrogens is 240 g/mol. The quantitative estimate of drug-likeness (QED) is 0.806. The van der Waals surface area contributed by atoms with E-state index in [2.05, 4.69) is 48.1 Å². The lowest BCUT2D eigenvalue weighted by atomic mass is 10.1. The number of carbonyl (C=O) groups excluding carboxylic acids is 1. The van der Waals surface area contributed by atoms with Crippen molar-refractivity contribution in [3.05, 3.63) is 47.5 Å². The van der Waals surface area contributed by atoms with E-state index < -0.39 is 0 Å². The zero-order valence-corrected chi connectivity index (χ0v) is 11.2. The molecular formula is C15H18N2O2. The Hall–Kier alpha value is -1.91. The van der Waals surface area contributed by atoms with E-state index in [0.717, 1.165) is 5.56 Å². The van der Waals surface area contributed by atoms with E-state index in [1.54, 1.807) is 7.05 Å². The first-order valence-electron chi connectivity index (χ1n) is 6.21. The molecule has 0 saturated carbocycles. The van der Waals surface area contributed by atoms with Crippen LogP contribution in [0.5, 0.6) is 0 Å². The predicted molar refractivity (Wildman–Crippen MR) is 75.5 cm³/mol. The minimum absolute atomic E-state index is 0.0484. The molecule has 2 aromatic rings. The second-order valence-corrected chi connectivity index (χ2v) is 4.48. The second kappa shape index (κ2) is 6.31. The van der Waals surface area contributed by atoms with Crippen molar-refractivity contribution in [3.8, 4) is 0 Å². The van der Waals surface area contributed by atoms with Crippen LogP contribution < -0.4 is 10.9 Å². The number of benzene rings is 2. The molecule has 0 aliphatic heterocycles. The molecule has 2 aromatic carbocycles. The van der Waals surface area contributed by atoms with E-state index in [1.165, 1.54) is 16.3 Å². The van der Waals surface area contributed by atoms with Gasteiger partial charge in [-0.1, -0.05) is 35.9 Å². The van der Waals surface area contributed by atoms with Gasteiger partial charge in [0.25, 0.3) is 5.91 Å². The first-order chi connectivity index (χ1) is 9.19. The number of rotatable bonds is 5. The van der Waals surface area contributed by atoms with Crippen LogP contribution in [-0.2, 0) is 16.1 Å². The average molecular weight is 258 g/mol. The Labute approximate surface area is 112 Å². The maximum atomic E-state index is 11.2. The maximum Gasteiger partial charge on any atom is 0.260 e. The third-order valence-electron chi connectivity index (χ3n) is 2.83. The lowest BCUT2D eigenvalue weighted by Gasteiger charge is -2.06. The highest BCUT2D eigenvalue weighted by Crippen LogP contribution is 2.18. The van der Waals surface area contributed by atoms with Crippen molar-refractivity contribution in [2.45, 2.75) is 13.5 Å². The number of fused-ring (bicyclic) bond motifs is 1. The molecule has 0 radical (unpaired) electrons. The summed E-state index contributed by atoms with van der Waals surface area (Å²) in [7, 11) is 1.64. The van der Waals surface area contributed by atoms with Crippen molar-refractivity contribution in [1.29, 1.82) is 0 Å². The molecule has 0 spiro atoms. The van der Waals surface area contributed by atoms with Crippen LogP contribution in [0.15, 0.2) is 36.4 Å². The van der Waals surface area contributed by atoms with Gasteiger partial charge in [-0.05, 0) is 29.3 Å². The molecule has 0 saturated heterocycles. The maximum absolute atomic E-state index is 11.2. The van der Waals surface area contributed by atoms with Crippen molar-refractivity contribution < 1.29 is 9.53 Å². The molecule has 4 heteroatoms. The summed E-state index contributed by atoms with van der Waals surface area (Å²) >= 11 is 0. The topological polar surface area (TPSA) is 50.4 Å². The van der Waals surface area contributed by atoms with Gasteiger partial charge in [-0.2, -0.15) is 0 Å². The van der Waals surface area contributed by atoms with Gasteiger partial charge < -0.3 is 4.74 Å². The van der Waals surface area contributed by atoms with Gasteiger partial charge in [0, 0.05) is 7.05 Å². The number of nitrogens with one attached hydrogen (secondary N) is 2. The molecule has 0 bridgehead atoms. The average Bonchev–Trinajstić information content (AvgIpc) is 2.39. The van der Waals surface area contributed by atoms with Crippen molar-refractivity contribution in [3.63, 3.8) is 0 Å². The van der Waals surface area contributed by atoms with Crippen LogP contribution >= 0.6 is 0 Å². The van der Waals surface area contributed by atoms with Gasteiger partial charge in [0.15, 0.2) is 0 Å². The fraction of sp³-hybridized carbons (Fsp3) is 0.267. The number of hydrogen-bond acceptors (Lipinski definition) is 3. The fourth-order valence-electron chi connectivity index (χ4n) is 1.94. The molecule has 0 aliphatic rings. The van der Waals surface area contributed by atoms with Crippen LogP contribution in [0.25, 0.3) is 10.8 Å². The van der Waals surface area contributed by atoms with Gasteiger partial charge in [-0.25, -0.2) is 5.43 Å².